The van der Waals surface area contributed by atoms with Crippen LogP contribution in [0.2, 0.25) is 0 Å². The summed E-state index contributed by atoms with van der Waals surface area (Å²) in [5.74, 6) is -1.10. The molecule has 1 heterocycles. The largest absolute Gasteiger partial charge is 0.309 e. The predicted molar refractivity (Wildman–Crippen MR) is 82.8 cm³/mol. The summed E-state index contributed by atoms with van der Waals surface area (Å²) < 4.78 is 62.6. The molecule has 1 fully saturated rings. The lowest BCUT2D eigenvalue weighted by Crippen LogP contribution is -2.46. The average molecular weight is 349 g/mol. The van der Waals surface area contributed by atoms with Crippen molar-refractivity contribution in [3.63, 3.8) is 0 Å². The third-order valence-corrected chi connectivity index (χ3v) is 7.85. The number of halogens is 1. The highest BCUT2D eigenvalue weighted by atomic mass is 32.2. The molecule has 1 aliphatic heterocycles. The van der Waals surface area contributed by atoms with Crippen molar-refractivity contribution >= 4 is 19.7 Å². The van der Waals surface area contributed by atoms with Gasteiger partial charge < -0.3 is 5.32 Å². The van der Waals surface area contributed by atoms with Gasteiger partial charge in [-0.2, -0.15) is 0 Å². The Labute approximate surface area is 130 Å². The molecule has 1 aromatic rings. The minimum atomic E-state index is -3.85. The zero-order valence-corrected chi connectivity index (χ0v) is 14.3. The molecule has 0 spiro atoms. The Hall–Kier alpha value is -0.990. The van der Waals surface area contributed by atoms with Crippen LogP contribution in [0.5, 0.6) is 0 Å². The second-order valence-electron chi connectivity index (χ2n) is 6.00. The summed E-state index contributed by atoms with van der Waals surface area (Å²) >= 11 is 0. The molecule has 124 valence electrons. The van der Waals surface area contributed by atoms with Crippen LogP contribution in [0.25, 0.3) is 0 Å². The minimum absolute atomic E-state index is 0.0362. The van der Waals surface area contributed by atoms with Crippen molar-refractivity contribution in [1.82, 2.24) is 5.32 Å². The van der Waals surface area contributed by atoms with E-state index in [0.29, 0.717) is 0 Å². The maximum atomic E-state index is 13.3. The number of aryl methyl sites for hydroxylation is 1. The Bertz CT molecular complexity index is 772. The van der Waals surface area contributed by atoms with Crippen molar-refractivity contribution in [2.24, 2.45) is 0 Å². The van der Waals surface area contributed by atoms with Gasteiger partial charge in [-0.1, -0.05) is 13.8 Å². The molecular formula is C14H20FNO4S2. The molecule has 0 aromatic heterocycles. The molecule has 1 N–H and O–H groups in total. The van der Waals surface area contributed by atoms with E-state index >= 15 is 0 Å². The minimum Gasteiger partial charge on any atom is -0.309 e. The van der Waals surface area contributed by atoms with Crippen molar-refractivity contribution in [3.8, 4) is 0 Å². The molecule has 1 saturated heterocycles. The zero-order valence-electron chi connectivity index (χ0n) is 12.7. The van der Waals surface area contributed by atoms with Gasteiger partial charge in [0, 0.05) is 12.1 Å². The van der Waals surface area contributed by atoms with Crippen LogP contribution in [-0.4, -0.2) is 45.7 Å². The van der Waals surface area contributed by atoms with Crippen LogP contribution >= 0.6 is 0 Å². The number of benzene rings is 1. The van der Waals surface area contributed by atoms with Crippen molar-refractivity contribution in [2.75, 3.05) is 11.5 Å². The first kappa shape index (κ1) is 17.4. The van der Waals surface area contributed by atoms with Gasteiger partial charge in [0.2, 0.25) is 0 Å². The first-order valence-electron chi connectivity index (χ1n) is 6.99. The number of nitrogens with one attached hydrogen (secondary N) is 1. The zero-order chi connectivity index (χ0) is 16.7. The lowest BCUT2D eigenvalue weighted by atomic mass is 10.2. The number of rotatable bonds is 4. The van der Waals surface area contributed by atoms with Crippen molar-refractivity contribution in [1.29, 1.82) is 0 Å². The van der Waals surface area contributed by atoms with E-state index in [9.17, 15) is 21.2 Å². The number of sulfone groups is 2. The quantitative estimate of drug-likeness (QED) is 0.823. The predicted octanol–water partition coefficient (Wildman–Crippen LogP) is 1.07. The number of hydrogen-bond acceptors (Lipinski definition) is 5. The monoisotopic (exact) mass is 349 g/mol. The van der Waals surface area contributed by atoms with Gasteiger partial charge in [0.1, 0.15) is 5.82 Å². The Morgan fingerprint density at radius 2 is 1.91 bits per heavy atom. The van der Waals surface area contributed by atoms with E-state index in [2.05, 4.69) is 5.32 Å². The van der Waals surface area contributed by atoms with E-state index in [4.69, 9.17) is 0 Å². The van der Waals surface area contributed by atoms with Crippen LogP contribution in [0.4, 0.5) is 4.39 Å². The SMILES string of the molecule is Cc1cc(S(=O)(=O)C2CS(=O)(=O)CC2NC(C)C)ccc1F. The van der Waals surface area contributed by atoms with Gasteiger partial charge >= 0.3 is 0 Å². The van der Waals surface area contributed by atoms with E-state index < -0.39 is 42.5 Å². The molecule has 5 nitrogen and oxygen atoms in total. The highest BCUT2D eigenvalue weighted by molar-refractivity contribution is 7.96. The fraction of sp³-hybridized carbons (Fsp3) is 0.571. The maximum absolute atomic E-state index is 13.3. The van der Waals surface area contributed by atoms with E-state index in [-0.39, 0.29) is 22.3 Å². The molecule has 22 heavy (non-hydrogen) atoms. The maximum Gasteiger partial charge on any atom is 0.183 e. The van der Waals surface area contributed by atoms with Gasteiger partial charge in [-0.15, -0.1) is 0 Å². The highest BCUT2D eigenvalue weighted by Gasteiger charge is 2.45. The molecule has 0 radical (unpaired) electrons. The van der Waals surface area contributed by atoms with E-state index in [1.54, 1.807) is 0 Å². The van der Waals surface area contributed by atoms with E-state index in [1.165, 1.54) is 19.1 Å². The Morgan fingerprint density at radius 1 is 1.27 bits per heavy atom. The lowest BCUT2D eigenvalue weighted by molar-refractivity contribution is 0.484. The summed E-state index contributed by atoms with van der Waals surface area (Å²) in [5, 5.41) is 1.97. The van der Waals surface area contributed by atoms with Crippen molar-refractivity contribution in [2.45, 2.75) is 43.0 Å². The Balaban J connectivity index is 2.43. The Morgan fingerprint density at radius 3 is 2.45 bits per heavy atom. The second kappa shape index (κ2) is 5.90. The molecule has 8 heteroatoms. The molecule has 2 rings (SSSR count). The third kappa shape index (κ3) is 3.49. The van der Waals surface area contributed by atoms with Gasteiger partial charge in [-0.3, -0.25) is 0 Å². The summed E-state index contributed by atoms with van der Waals surface area (Å²) in [4.78, 5) is -0.0379. The highest BCUT2D eigenvalue weighted by Crippen LogP contribution is 2.27. The molecule has 1 aliphatic rings. The van der Waals surface area contributed by atoms with Crippen LogP contribution in [0.1, 0.15) is 19.4 Å². The van der Waals surface area contributed by atoms with E-state index in [0.717, 1.165) is 6.07 Å². The van der Waals surface area contributed by atoms with Gasteiger partial charge in [-0.25, -0.2) is 21.2 Å². The lowest BCUT2D eigenvalue weighted by Gasteiger charge is -2.22. The van der Waals surface area contributed by atoms with Gasteiger partial charge in [-0.05, 0) is 30.7 Å². The Kier molecular flexibility index (Phi) is 4.66. The normalized spacial score (nSPS) is 24.8. The van der Waals surface area contributed by atoms with Crippen LogP contribution < -0.4 is 5.32 Å². The topological polar surface area (TPSA) is 80.3 Å². The fourth-order valence-electron chi connectivity index (χ4n) is 2.67. The first-order chi connectivity index (χ1) is 10.0. The molecule has 0 saturated carbocycles. The summed E-state index contributed by atoms with van der Waals surface area (Å²) in [6, 6.07) is 2.85. The van der Waals surface area contributed by atoms with Crippen LogP contribution in [0.3, 0.4) is 0 Å². The summed E-state index contributed by atoms with van der Waals surface area (Å²) in [5.41, 5.74) is 0.218. The second-order valence-corrected chi connectivity index (χ2v) is 10.3. The van der Waals surface area contributed by atoms with Crippen LogP contribution in [0.15, 0.2) is 23.1 Å². The molecule has 1 aromatic carbocycles. The van der Waals surface area contributed by atoms with Gasteiger partial charge in [0.15, 0.2) is 19.7 Å². The summed E-state index contributed by atoms with van der Waals surface area (Å²) in [6.07, 6.45) is 0. The molecule has 2 unspecified atom stereocenters. The molecule has 0 aliphatic carbocycles. The van der Waals surface area contributed by atoms with Crippen LogP contribution in [-0.2, 0) is 19.7 Å². The molecule has 0 bridgehead atoms. The number of hydrogen-bond donors (Lipinski definition) is 1. The van der Waals surface area contributed by atoms with Crippen LogP contribution in [0, 0.1) is 12.7 Å². The molecule has 0 amide bonds. The third-order valence-electron chi connectivity index (χ3n) is 3.70. The summed E-state index contributed by atoms with van der Waals surface area (Å²) in [6.45, 7) is 5.14. The van der Waals surface area contributed by atoms with Crippen molar-refractivity contribution < 1.29 is 21.2 Å². The smallest absolute Gasteiger partial charge is 0.183 e. The van der Waals surface area contributed by atoms with Gasteiger partial charge in [0.25, 0.3) is 0 Å². The molecular weight excluding hydrogens is 329 g/mol. The van der Waals surface area contributed by atoms with E-state index in [1.807, 2.05) is 13.8 Å². The fourth-order valence-corrected chi connectivity index (χ4v) is 7.43. The average Bonchev–Trinajstić information content (AvgIpc) is 2.67. The molecule has 2 atom stereocenters. The van der Waals surface area contributed by atoms with Crippen molar-refractivity contribution in [3.05, 3.63) is 29.6 Å². The summed E-state index contributed by atoms with van der Waals surface area (Å²) in [7, 11) is -7.27. The standard InChI is InChI=1S/C14H20FNO4S2/c1-9(2)16-13-7-21(17,18)8-14(13)22(19,20)11-4-5-12(15)10(3)6-11/h4-6,9,13-14,16H,7-8H2,1-3H3. The first-order valence-corrected chi connectivity index (χ1v) is 10.4. The van der Waals surface area contributed by atoms with Gasteiger partial charge in [0.05, 0.1) is 21.7 Å².